The number of aryl methyl sites for hydroxylation is 1. The monoisotopic (exact) mass is 473 g/mol. The van der Waals surface area contributed by atoms with Crippen molar-refractivity contribution >= 4 is 17.7 Å². The standard InChI is InChI=1S/C26H29F2NO5/c1-2-16-5-7-17(8-6-16)25(31)29-15-3-4-21(30)20-13-14-22(24(28)23(20)27)34-19-11-9-18(10-12-19)26(32)33/h5-8,13-14,18-19H,2-4,9-12,15H2,1H3,(H,29,31)(H,32,33). The van der Waals surface area contributed by atoms with E-state index in [-0.39, 0.29) is 36.6 Å². The number of carbonyl (C=O) groups is 3. The Kier molecular flexibility index (Phi) is 8.73. The van der Waals surface area contributed by atoms with Crippen molar-refractivity contribution < 1.29 is 33.0 Å². The molecule has 0 bridgehead atoms. The van der Waals surface area contributed by atoms with Crippen molar-refractivity contribution in [3.8, 4) is 5.75 Å². The van der Waals surface area contributed by atoms with Gasteiger partial charge in [-0.3, -0.25) is 14.4 Å². The van der Waals surface area contributed by atoms with Gasteiger partial charge in [0.1, 0.15) is 0 Å². The fourth-order valence-corrected chi connectivity index (χ4v) is 4.02. The number of amides is 1. The van der Waals surface area contributed by atoms with Crippen LogP contribution in [0.4, 0.5) is 8.78 Å². The van der Waals surface area contributed by atoms with Crippen molar-refractivity contribution in [2.45, 2.75) is 58.0 Å². The van der Waals surface area contributed by atoms with E-state index in [0.29, 0.717) is 31.2 Å². The Bertz CT molecular complexity index is 1030. The second-order valence-electron chi connectivity index (χ2n) is 8.50. The number of rotatable bonds is 10. The van der Waals surface area contributed by atoms with Crippen LogP contribution in [-0.4, -0.2) is 35.4 Å². The van der Waals surface area contributed by atoms with E-state index in [4.69, 9.17) is 9.84 Å². The third-order valence-corrected chi connectivity index (χ3v) is 6.15. The molecular weight excluding hydrogens is 444 g/mol. The van der Waals surface area contributed by atoms with Gasteiger partial charge in [0.25, 0.3) is 5.91 Å². The number of aliphatic carboxylic acids is 1. The molecule has 34 heavy (non-hydrogen) atoms. The Hall–Kier alpha value is -3.29. The van der Waals surface area contributed by atoms with E-state index in [9.17, 15) is 23.2 Å². The molecule has 1 aliphatic carbocycles. The highest BCUT2D eigenvalue weighted by atomic mass is 19.2. The van der Waals surface area contributed by atoms with Crippen molar-refractivity contribution in [2.75, 3.05) is 6.54 Å². The summed E-state index contributed by atoms with van der Waals surface area (Å²) in [4.78, 5) is 35.6. The van der Waals surface area contributed by atoms with Gasteiger partial charge in [-0.2, -0.15) is 4.39 Å². The van der Waals surface area contributed by atoms with E-state index in [2.05, 4.69) is 5.32 Å². The van der Waals surface area contributed by atoms with Crippen LogP contribution in [0.3, 0.4) is 0 Å². The van der Waals surface area contributed by atoms with Gasteiger partial charge < -0.3 is 15.2 Å². The van der Waals surface area contributed by atoms with Crippen LogP contribution in [-0.2, 0) is 11.2 Å². The number of ether oxygens (including phenoxy) is 1. The maximum atomic E-state index is 14.5. The average Bonchev–Trinajstić information content (AvgIpc) is 2.85. The number of Topliss-reactive ketones (excluding diaryl/α,β-unsaturated/α-hetero) is 1. The number of hydrogen-bond acceptors (Lipinski definition) is 4. The second kappa shape index (κ2) is 11.7. The molecule has 0 unspecified atom stereocenters. The predicted octanol–water partition coefficient (Wildman–Crippen LogP) is 4.94. The van der Waals surface area contributed by atoms with Crippen LogP contribution in [0.5, 0.6) is 5.75 Å². The average molecular weight is 474 g/mol. The van der Waals surface area contributed by atoms with Crippen molar-refractivity contribution in [2.24, 2.45) is 5.92 Å². The van der Waals surface area contributed by atoms with Crippen LogP contribution in [0.1, 0.15) is 71.7 Å². The van der Waals surface area contributed by atoms with E-state index >= 15 is 0 Å². The fourth-order valence-electron chi connectivity index (χ4n) is 4.02. The molecule has 0 saturated heterocycles. The van der Waals surface area contributed by atoms with Gasteiger partial charge in [-0.05, 0) is 68.4 Å². The van der Waals surface area contributed by atoms with Crippen molar-refractivity contribution in [1.29, 1.82) is 0 Å². The molecule has 1 fully saturated rings. The molecule has 2 aromatic carbocycles. The number of benzene rings is 2. The SMILES string of the molecule is CCc1ccc(C(=O)NCCCC(=O)c2ccc(OC3CCC(C(=O)O)CC3)c(F)c2F)cc1. The minimum absolute atomic E-state index is 0.0508. The molecule has 0 atom stereocenters. The predicted molar refractivity (Wildman–Crippen MR) is 122 cm³/mol. The van der Waals surface area contributed by atoms with E-state index in [0.717, 1.165) is 12.0 Å². The van der Waals surface area contributed by atoms with Crippen molar-refractivity contribution in [3.05, 3.63) is 64.7 Å². The first-order chi connectivity index (χ1) is 16.3. The molecule has 6 nitrogen and oxygen atoms in total. The summed E-state index contributed by atoms with van der Waals surface area (Å²) in [6, 6.07) is 9.66. The number of carboxylic acids is 1. The topological polar surface area (TPSA) is 92.7 Å². The first-order valence-corrected chi connectivity index (χ1v) is 11.6. The Morgan fingerprint density at radius 3 is 2.29 bits per heavy atom. The summed E-state index contributed by atoms with van der Waals surface area (Å²) >= 11 is 0. The maximum Gasteiger partial charge on any atom is 0.306 e. The number of carbonyl (C=O) groups excluding carboxylic acids is 2. The van der Waals surface area contributed by atoms with Crippen LogP contribution in [0, 0.1) is 17.6 Å². The zero-order valence-electron chi connectivity index (χ0n) is 19.1. The molecule has 0 aromatic heterocycles. The highest BCUT2D eigenvalue weighted by Gasteiger charge is 2.28. The molecular formula is C26H29F2NO5. The molecule has 3 rings (SSSR count). The summed E-state index contributed by atoms with van der Waals surface area (Å²) in [6.45, 7) is 2.25. The number of halogens is 2. The van der Waals surface area contributed by atoms with Crippen LogP contribution in [0.15, 0.2) is 36.4 Å². The normalized spacial score (nSPS) is 17.7. The van der Waals surface area contributed by atoms with E-state index in [1.165, 1.54) is 12.1 Å². The van der Waals surface area contributed by atoms with Gasteiger partial charge in [0.05, 0.1) is 17.6 Å². The molecule has 0 spiro atoms. The molecule has 1 amide bonds. The molecule has 1 aliphatic rings. The summed E-state index contributed by atoms with van der Waals surface area (Å²) in [7, 11) is 0. The summed E-state index contributed by atoms with van der Waals surface area (Å²) in [6.07, 6.45) is 2.42. The van der Waals surface area contributed by atoms with Crippen molar-refractivity contribution in [3.63, 3.8) is 0 Å². The summed E-state index contributed by atoms with van der Waals surface area (Å²) in [5.74, 6) is -4.89. The number of hydrogen-bond donors (Lipinski definition) is 2. The zero-order valence-corrected chi connectivity index (χ0v) is 19.1. The fraction of sp³-hybridized carbons (Fsp3) is 0.423. The number of carboxylic acid groups (broad SMARTS) is 1. The van der Waals surface area contributed by atoms with E-state index in [1.807, 2.05) is 19.1 Å². The number of ketones is 1. The largest absolute Gasteiger partial charge is 0.487 e. The lowest BCUT2D eigenvalue weighted by Crippen LogP contribution is -2.28. The lowest BCUT2D eigenvalue weighted by Gasteiger charge is -2.27. The molecule has 2 aromatic rings. The lowest BCUT2D eigenvalue weighted by atomic mass is 9.87. The quantitative estimate of drug-likeness (QED) is 0.377. The molecule has 0 aliphatic heterocycles. The third kappa shape index (κ3) is 6.40. The van der Waals surface area contributed by atoms with Crippen LogP contribution < -0.4 is 10.1 Å². The molecule has 1 saturated carbocycles. The van der Waals surface area contributed by atoms with Gasteiger partial charge in [-0.25, -0.2) is 4.39 Å². The number of nitrogens with one attached hydrogen (secondary N) is 1. The Morgan fingerprint density at radius 2 is 1.68 bits per heavy atom. The summed E-state index contributed by atoms with van der Waals surface area (Å²) in [5, 5.41) is 11.8. The Labute approximate surface area is 197 Å². The van der Waals surface area contributed by atoms with E-state index < -0.39 is 35.4 Å². The minimum atomic E-state index is -1.26. The van der Waals surface area contributed by atoms with Crippen LogP contribution >= 0.6 is 0 Å². The highest BCUT2D eigenvalue weighted by Crippen LogP contribution is 2.30. The van der Waals surface area contributed by atoms with Gasteiger partial charge in [-0.15, -0.1) is 0 Å². The maximum absolute atomic E-state index is 14.5. The molecule has 182 valence electrons. The van der Waals surface area contributed by atoms with Gasteiger partial charge >= 0.3 is 5.97 Å². The Morgan fingerprint density at radius 1 is 1.00 bits per heavy atom. The van der Waals surface area contributed by atoms with Gasteiger partial charge in [0, 0.05) is 18.5 Å². The molecule has 8 heteroatoms. The lowest BCUT2D eigenvalue weighted by molar-refractivity contribution is -0.143. The van der Waals surface area contributed by atoms with Gasteiger partial charge in [-0.1, -0.05) is 19.1 Å². The first kappa shape index (κ1) is 25.3. The Balaban J connectivity index is 1.48. The van der Waals surface area contributed by atoms with E-state index in [1.54, 1.807) is 12.1 Å². The molecule has 0 radical (unpaired) electrons. The van der Waals surface area contributed by atoms with Gasteiger partial charge in [0.15, 0.2) is 17.3 Å². The molecule has 0 heterocycles. The first-order valence-electron chi connectivity index (χ1n) is 11.6. The van der Waals surface area contributed by atoms with Crippen LogP contribution in [0.25, 0.3) is 0 Å². The molecule has 2 N–H and O–H groups in total. The summed E-state index contributed by atoms with van der Waals surface area (Å²) in [5.41, 5.74) is 1.28. The third-order valence-electron chi connectivity index (χ3n) is 6.15. The van der Waals surface area contributed by atoms with Crippen LogP contribution in [0.2, 0.25) is 0 Å². The highest BCUT2D eigenvalue weighted by molar-refractivity contribution is 5.96. The zero-order chi connectivity index (χ0) is 24.7. The van der Waals surface area contributed by atoms with Gasteiger partial charge in [0.2, 0.25) is 5.82 Å². The minimum Gasteiger partial charge on any atom is -0.487 e. The smallest absolute Gasteiger partial charge is 0.306 e. The summed E-state index contributed by atoms with van der Waals surface area (Å²) < 4.78 is 34.6. The second-order valence-corrected chi connectivity index (χ2v) is 8.50. The van der Waals surface area contributed by atoms with Crippen molar-refractivity contribution in [1.82, 2.24) is 5.32 Å².